The van der Waals surface area contributed by atoms with Gasteiger partial charge in [0.05, 0.1) is 13.2 Å². The van der Waals surface area contributed by atoms with Crippen LogP contribution in [0.1, 0.15) is 32.6 Å². The maximum Gasteiger partial charge on any atom is 0.239 e. The van der Waals surface area contributed by atoms with Crippen molar-refractivity contribution in [1.29, 1.82) is 0 Å². The summed E-state index contributed by atoms with van der Waals surface area (Å²) < 4.78 is 4.88. The normalized spacial score (nSPS) is 23.2. The Morgan fingerprint density at radius 1 is 1.35 bits per heavy atom. The smallest absolute Gasteiger partial charge is 0.239 e. The molecule has 0 aromatic rings. The first-order chi connectivity index (χ1) is 9.65. The molecule has 1 aliphatic carbocycles. The third-order valence-electron chi connectivity index (χ3n) is 3.55. The topological polar surface area (TPSA) is 74.8 Å². The Balaban J connectivity index is 2.24. The second kappa shape index (κ2) is 9.58. The number of nitrogens with zero attached hydrogens (tertiary/aromatic N) is 1. The van der Waals surface area contributed by atoms with E-state index in [1.807, 2.05) is 0 Å². The summed E-state index contributed by atoms with van der Waals surface area (Å²) in [6.45, 7) is 3.57. The number of carbonyl (C=O) groups is 1. The minimum atomic E-state index is -0.0537. The van der Waals surface area contributed by atoms with Crippen molar-refractivity contribution in [2.75, 3.05) is 33.9 Å². The van der Waals surface area contributed by atoms with Gasteiger partial charge in [-0.25, -0.2) is 0 Å². The van der Waals surface area contributed by atoms with E-state index in [0.29, 0.717) is 25.2 Å². The summed E-state index contributed by atoms with van der Waals surface area (Å²) in [5, 5.41) is 9.20. The van der Waals surface area contributed by atoms with Crippen LogP contribution in [0.5, 0.6) is 0 Å². The molecule has 1 rings (SSSR count). The van der Waals surface area contributed by atoms with Gasteiger partial charge in [0.1, 0.15) is 0 Å². The van der Waals surface area contributed by atoms with Gasteiger partial charge in [0, 0.05) is 26.7 Å². The number of nitrogens with one attached hydrogen (secondary N) is 3. The summed E-state index contributed by atoms with van der Waals surface area (Å²) in [6, 6.07) is 0.460. The first-order valence-corrected chi connectivity index (χ1v) is 7.38. The standard InChI is InChI=1S/C14H28N4O2/c1-11-5-4-6-12(9-11)18-14(15-2)17-10-13(19)16-7-8-20-3/h11-12H,4-10H2,1-3H3,(H,16,19)(H2,15,17,18). The summed E-state index contributed by atoms with van der Waals surface area (Å²) in [5.41, 5.74) is 0. The largest absolute Gasteiger partial charge is 0.383 e. The fraction of sp³-hybridized carbons (Fsp3) is 0.857. The van der Waals surface area contributed by atoms with E-state index in [-0.39, 0.29) is 12.5 Å². The molecular weight excluding hydrogens is 256 g/mol. The molecule has 0 radical (unpaired) electrons. The van der Waals surface area contributed by atoms with Crippen molar-refractivity contribution >= 4 is 11.9 Å². The highest BCUT2D eigenvalue weighted by Crippen LogP contribution is 2.23. The molecule has 1 amide bonds. The maximum absolute atomic E-state index is 11.6. The van der Waals surface area contributed by atoms with Crippen LogP contribution in [0.4, 0.5) is 0 Å². The highest BCUT2D eigenvalue weighted by Gasteiger charge is 2.19. The molecule has 0 heterocycles. The van der Waals surface area contributed by atoms with Crippen molar-refractivity contribution in [1.82, 2.24) is 16.0 Å². The van der Waals surface area contributed by atoms with Crippen LogP contribution in [0.2, 0.25) is 0 Å². The zero-order chi connectivity index (χ0) is 14.8. The molecule has 0 saturated heterocycles. The van der Waals surface area contributed by atoms with Crippen molar-refractivity contribution in [3.8, 4) is 0 Å². The van der Waals surface area contributed by atoms with E-state index in [1.54, 1.807) is 14.2 Å². The first kappa shape index (κ1) is 16.8. The first-order valence-electron chi connectivity index (χ1n) is 7.38. The summed E-state index contributed by atoms with van der Waals surface area (Å²) in [4.78, 5) is 15.7. The Morgan fingerprint density at radius 2 is 2.15 bits per heavy atom. The van der Waals surface area contributed by atoms with Crippen LogP contribution in [0.25, 0.3) is 0 Å². The number of methoxy groups -OCH3 is 1. The molecule has 6 heteroatoms. The fourth-order valence-electron chi connectivity index (χ4n) is 2.47. The number of aliphatic imine (C=N–C) groups is 1. The number of rotatable bonds is 6. The summed E-state index contributed by atoms with van der Waals surface area (Å²) in [5.74, 6) is 1.41. The lowest BCUT2D eigenvalue weighted by atomic mass is 9.87. The van der Waals surface area contributed by atoms with Gasteiger partial charge in [0.15, 0.2) is 5.96 Å². The number of carbonyl (C=O) groups excluding carboxylic acids is 1. The number of amides is 1. The van der Waals surface area contributed by atoms with Crippen molar-refractivity contribution in [3.05, 3.63) is 0 Å². The maximum atomic E-state index is 11.6. The molecule has 0 aromatic carbocycles. The van der Waals surface area contributed by atoms with E-state index in [2.05, 4.69) is 27.9 Å². The molecule has 0 aromatic heterocycles. The van der Waals surface area contributed by atoms with Crippen LogP contribution >= 0.6 is 0 Å². The summed E-state index contributed by atoms with van der Waals surface area (Å²) >= 11 is 0. The van der Waals surface area contributed by atoms with Gasteiger partial charge in [0.25, 0.3) is 0 Å². The highest BCUT2D eigenvalue weighted by molar-refractivity contribution is 5.86. The van der Waals surface area contributed by atoms with E-state index < -0.39 is 0 Å². The number of hydrogen-bond acceptors (Lipinski definition) is 3. The average molecular weight is 284 g/mol. The number of guanidine groups is 1. The predicted molar refractivity (Wildman–Crippen MR) is 80.8 cm³/mol. The van der Waals surface area contributed by atoms with Crippen LogP contribution in [-0.2, 0) is 9.53 Å². The van der Waals surface area contributed by atoms with Crippen LogP contribution in [0.3, 0.4) is 0 Å². The van der Waals surface area contributed by atoms with Crippen molar-refractivity contribution in [2.24, 2.45) is 10.9 Å². The lowest BCUT2D eigenvalue weighted by Crippen LogP contribution is -2.48. The monoisotopic (exact) mass is 284 g/mol. The molecule has 0 bridgehead atoms. The lowest BCUT2D eigenvalue weighted by molar-refractivity contribution is -0.120. The minimum Gasteiger partial charge on any atom is -0.383 e. The van der Waals surface area contributed by atoms with Crippen LogP contribution in [-0.4, -0.2) is 51.8 Å². The van der Waals surface area contributed by atoms with E-state index >= 15 is 0 Å². The van der Waals surface area contributed by atoms with Crippen molar-refractivity contribution in [3.63, 3.8) is 0 Å². The quantitative estimate of drug-likeness (QED) is 0.377. The van der Waals surface area contributed by atoms with Gasteiger partial charge in [-0.1, -0.05) is 19.8 Å². The number of hydrogen-bond donors (Lipinski definition) is 3. The summed E-state index contributed by atoms with van der Waals surface area (Å²) in [6.07, 6.45) is 4.91. The Kier molecular flexibility index (Phi) is 8.02. The SMILES string of the molecule is CN=C(NCC(=O)NCCOC)NC1CCCC(C)C1. The van der Waals surface area contributed by atoms with Crippen molar-refractivity contribution < 1.29 is 9.53 Å². The minimum absolute atomic E-state index is 0.0537. The molecule has 3 N–H and O–H groups in total. The molecule has 1 fully saturated rings. The molecule has 20 heavy (non-hydrogen) atoms. The molecule has 2 unspecified atom stereocenters. The van der Waals surface area contributed by atoms with E-state index in [1.165, 1.54) is 25.7 Å². The zero-order valence-electron chi connectivity index (χ0n) is 12.9. The molecule has 2 atom stereocenters. The Labute approximate surface area is 121 Å². The van der Waals surface area contributed by atoms with E-state index in [4.69, 9.17) is 4.74 Å². The van der Waals surface area contributed by atoms with Gasteiger partial charge in [-0.2, -0.15) is 0 Å². The van der Waals surface area contributed by atoms with Crippen LogP contribution in [0, 0.1) is 5.92 Å². The van der Waals surface area contributed by atoms with Crippen LogP contribution < -0.4 is 16.0 Å². The highest BCUT2D eigenvalue weighted by atomic mass is 16.5. The molecule has 0 aliphatic heterocycles. The Hall–Kier alpha value is -1.30. The Bertz CT molecular complexity index is 320. The van der Waals surface area contributed by atoms with E-state index in [9.17, 15) is 4.79 Å². The van der Waals surface area contributed by atoms with E-state index in [0.717, 1.165) is 5.92 Å². The zero-order valence-corrected chi connectivity index (χ0v) is 12.9. The van der Waals surface area contributed by atoms with Gasteiger partial charge >= 0.3 is 0 Å². The van der Waals surface area contributed by atoms with Gasteiger partial charge in [-0.05, 0) is 18.8 Å². The van der Waals surface area contributed by atoms with Crippen molar-refractivity contribution in [2.45, 2.75) is 38.6 Å². The molecule has 116 valence electrons. The summed E-state index contributed by atoms with van der Waals surface area (Å²) in [7, 11) is 3.34. The van der Waals surface area contributed by atoms with Crippen LogP contribution in [0.15, 0.2) is 4.99 Å². The van der Waals surface area contributed by atoms with Gasteiger partial charge in [0.2, 0.25) is 5.91 Å². The average Bonchev–Trinajstić information content (AvgIpc) is 2.43. The Morgan fingerprint density at radius 3 is 2.80 bits per heavy atom. The molecule has 1 aliphatic rings. The molecular formula is C14H28N4O2. The molecule has 6 nitrogen and oxygen atoms in total. The molecule has 1 saturated carbocycles. The second-order valence-electron chi connectivity index (χ2n) is 5.38. The predicted octanol–water partition coefficient (Wildman–Crippen LogP) is 0.493. The third-order valence-corrected chi connectivity index (χ3v) is 3.55. The lowest BCUT2D eigenvalue weighted by Gasteiger charge is -2.28. The van der Waals surface area contributed by atoms with Gasteiger partial charge in [-0.3, -0.25) is 9.79 Å². The van der Waals surface area contributed by atoms with Gasteiger partial charge < -0.3 is 20.7 Å². The van der Waals surface area contributed by atoms with Gasteiger partial charge in [-0.15, -0.1) is 0 Å². The number of ether oxygens (including phenoxy) is 1. The molecule has 0 spiro atoms. The third kappa shape index (κ3) is 6.75. The fourth-order valence-corrected chi connectivity index (χ4v) is 2.47. The second-order valence-corrected chi connectivity index (χ2v) is 5.38.